The van der Waals surface area contributed by atoms with E-state index in [-0.39, 0.29) is 26.8 Å². The van der Waals surface area contributed by atoms with Gasteiger partial charge in [0.15, 0.2) is 0 Å². The Morgan fingerprint density at radius 2 is 2.12 bits per heavy atom. The van der Waals surface area contributed by atoms with Gasteiger partial charge >= 0.3 is 0 Å². The predicted molar refractivity (Wildman–Crippen MR) is 63.1 cm³/mol. The Labute approximate surface area is 105 Å². The SMILES string of the molecule is N#Cc1cnc2c([N+](=O)[O-])cc(Cl)cc2c1Cl. The maximum atomic E-state index is 10.8. The van der Waals surface area contributed by atoms with E-state index in [1.54, 1.807) is 0 Å². The van der Waals surface area contributed by atoms with Gasteiger partial charge in [0.1, 0.15) is 11.6 Å². The largest absolute Gasteiger partial charge is 0.296 e. The van der Waals surface area contributed by atoms with Crippen molar-refractivity contribution in [3.8, 4) is 6.07 Å². The number of nitrogens with zero attached hydrogens (tertiary/aromatic N) is 3. The smallest absolute Gasteiger partial charge is 0.258 e. The van der Waals surface area contributed by atoms with Crippen LogP contribution in [0.25, 0.3) is 10.9 Å². The summed E-state index contributed by atoms with van der Waals surface area (Å²) in [6.07, 6.45) is 1.20. The summed E-state index contributed by atoms with van der Waals surface area (Å²) in [6, 6.07) is 4.49. The summed E-state index contributed by atoms with van der Waals surface area (Å²) in [7, 11) is 0. The number of hydrogen-bond acceptors (Lipinski definition) is 4. The van der Waals surface area contributed by atoms with E-state index >= 15 is 0 Å². The molecule has 0 aliphatic carbocycles. The van der Waals surface area contributed by atoms with Crippen LogP contribution in [0.2, 0.25) is 10.0 Å². The van der Waals surface area contributed by atoms with Gasteiger partial charge < -0.3 is 0 Å². The second kappa shape index (κ2) is 4.17. The lowest BCUT2D eigenvalue weighted by molar-refractivity contribution is -0.383. The fraction of sp³-hybridized carbons (Fsp3) is 0. The molecular weight excluding hydrogens is 265 g/mol. The highest BCUT2D eigenvalue weighted by Gasteiger charge is 2.18. The maximum absolute atomic E-state index is 10.8. The summed E-state index contributed by atoms with van der Waals surface area (Å²) in [5.74, 6) is 0. The third-order valence-electron chi connectivity index (χ3n) is 2.17. The molecule has 0 fully saturated rings. The van der Waals surface area contributed by atoms with E-state index in [1.807, 2.05) is 6.07 Å². The number of nitro groups is 1. The molecule has 1 aromatic carbocycles. The van der Waals surface area contributed by atoms with Crippen LogP contribution in [0.5, 0.6) is 0 Å². The zero-order valence-corrected chi connectivity index (χ0v) is 9.66. The van der Waals surface area contributed by atoms with Crippen molar-refractivity contribution in [2.24, 2.45) is 0 Å². The molecule has 0 aliphatic rings. The number of aromatic nitrogens is 1. The van der Waals surface area contributed by atoms with Gasteiger partial charge in [-0.05, 0) is 6.07 Å². The summed E-state index contributed by atoms with van der Waals surface area (Å²) in [5, 5.41) is 20.2. The molecule has 0 bridgehead atoms. The van der Waals surface area contributed by atoms with E-state index in [9.17, 15) is 10.1 Å². The average molecular weight is 268 g/mol. The van der Waals surface area contributed by atoms with Crippen LogP contribution in [-0.2, 0) is 0 Å². The zero-order chi connectivity index (χ0) is 12.6. The Bertz CT molecular complexity index is 679. The first-order chi connectivity index (χ1) is 8.04. The highest BCUT2D eigenvalue weighted by Crippen LogP contribution is 2.33. The minimum Gasteiger partial charge on any atom is -0.258 e. The van der Waals surface area contributed by atoms with Gasteiger partial charge in [0.2, 0.25) is 0 Å². The number of non-ortho nitro benzene ring substituents is 1. The summed E-state index contributed by atoms with van der Waals surface area (Å²) >= 11 is 11.7. The van der Waals surface area contributed by atoms with Crippen LogP contribution in [0.4, 0.5) is 5.69 Å². The van der Waals surface area contributed by atoms with E-state index < -0.39 is 4.92 Å². The van der Waals surface area contributed by atoms with Crippen molar-refractivity contribution in [3.63, 3.8) is 0 Å². The minimum atomic E-state index is -0.594. The molecule has 0 atom stereocenters. The zero-order valence-electron chi connectivity index (χ0n) is 8.15. The van der Waals surface area contributed by atoms with Crippen molar-refractivity contribution in [1.29, 1.82) is 5.26 Å². The van der Waals surface area contributed by atoms with Gasteiger partial charge in [-0.2, -0.15) is 5.26 Å². The molecule has 7 heteroatoms. The fourth-order valence-electron chi connectivity index (χ4n) is 1.44. The normalized spacial score (nSPS) is 10.2. The first-order valence-corrected chi connectivity index (χ1v) is 5.12. The number of nitro benzene ring substituents is 1. The molecule has 2 rings (SSSR count). The van der Waals surface area contributed by atoms with Crippen LogP contribution < -0.4 is 0 Å². The second-order valence-corrected chi connectivity index (χ2v) is 3.99. The molecule has 17 heavy (non-hydrogen) atoms. The number of hydrogen-bond donors (Lipinski definition) is 0. The van der Waals surface area contributed by atoms with Gasteiger partial charge in [-0.1, -0.05) is 23.2 Å². The Morgan fingerprint density at radius 1 is 1.41 bits per heavy atom. The first-order valence-electron chi connectivity index (χ1n) is 4.37. The average Bonchev–Trinajstić information content (AvgIpc) is 2.29. The molecule has 2 aromatic rings. The molecule has 0 saturated heterocycles. The quantitative estimate of drug-likeness (QED) is 0.586. The van der Waals surface area contributed by atoms with Crippen LogP contribution in [-0.4, -0.2) is 9.91 Å². The first kappa shape index (κ1) is 11.6. The molecule has 0 unspecified atom stereocenters. The molecule has 0 spiro atoms. The maximum Gasteiger partial charge on any atom is 0.296 e. The molecule has 1 heterocycles. The third-order valence-corrected chi connectivity index (χ3v) is 2.79. The Kier molecular flexibility index (Phi) is 2.84. The van der Waals surface area contributed by atoms with Crippen molar-refractivity contribution in [1.82, 2.24) is 4.98 Å². The van der Waals surface area contributed by atoms with Crippen molar-refractivity contribution in [2.45, 2.75) is 0 Å². The number of rotatable bonds is 1. The van der Waals surface area contributed by atoms with Gasteiger partial charge in [0.25, 0.3) is 5.69 Å². The van der Waals surface area contributed by atoms with Crippen LogP contribution in [0.15, 0.2) is 18.3 Å². The predicted octanol–water partition coefficient (Wildman–Crippen LogP) is 3.32. The van der Waals surface area contributed by atoms with E-state index in [1.165, 1.54) is 18.3 Å². The van der Waals surface area contributed by atoms with E-state index in [4.69, 9.17) is 28.5 Å². The Morgan fingerprint density at radius 3 is 2.71 bits per heavy atom. The minimum absolute atomic E-state index is 0.114. The standard InChI is InChI=1S/C10H3Cl2N3O2/c11-6-1-7-9(12)5(3-13)4-14-10(7)8(2-6)15(16)17/h1-2,4H. The van der Waals surface area contributed by atoms with Gasteiger partial charge in [-0.25, -0.2) is 4.98 Å². The molecule has 0 saturated carbocycles. The second-order valence-electron chi connectivity index (χ2n) is 3.18. The molecule has 5 nitrogen and oxygen atoms in total. The van der Waals surface area contributed by atoms with Crippen molar-refractivity contribution >= 4 is 39.8 Å². The summed E-state index contributed by atoms with van der Waals surface area (Å²) in [5.41, 5.74) is 0.0259. The summed E-state index contributed by atoms with van der Waals surface area (Å²) in [6.45, 7) is 0. The lowest BCUT2D eigenvalue weighted by Crippen LogP contribution is -1.93. The van der Waals surface area contributed by atoms with Gasteiger partial charge in [-0.3, -0.25) is 10.1 Å². The molecule has 0 amide bonds. The lowest BCUT2D eigenvalue weighted by Gasteiger charge is -2.03. The Balaban J connectivity index is 2.95. The van der Waals surface area contributed by atoms with Gasteiger partial charge in [0, 0.05) is 22.7 Å². The monoisotopic (exact) mass is 267 g/mol. The van der Waals surface area contributed by atoms with Gasteiger partial charge in [0.05, 0.1) is 15.5 Å². The van der Waals surface area contributed by atoms with Crippen LogP contribution >= 0.6 is 23.2 Å². The molecule has 0 N–H and O–H groups in total. The molecule has 1 aromatic heterocycles. The van der Waals surface area contributed by atoms with Crippen LogP contribution in [0.1, 0.15) is 5.56 Å². The highest BCUT2D eigenvalue weighted by molar-refractivity contribution is 6.38. The van der Waals surface area contributed by atoms with Crippen molar-refractivity contribution < 1.29 is 4.92 Å². The number of nitriles is 1. The van der Waals surface area contributed by atoms with Gasteiger partial charge in [-0.15, -0.1) is 0 Å². The molecular formula is C10H3Cl2N3O2. The van der Waals surface area contributed by atoms with Crippen molar-refractivity contribution in [2.75, 3.05) is 0 Å². The molecule has 0 radical (unpaired) electrons. The van der Waals surface area contributed by atoms with Crippen LogP contribution in [0.3, 0.4) is 0 Å². The van der Waals surface area contributed by atoms with E-state index in [0.29, 0.717) is 5.39 Å². The van der Waals surface area contributed by atoms with Crippen LogP contribution in [0, 0.1) is 21.4 Å². The molecule has 84 valence electrons. The summed E-state index contributed by atoms with van der Waals surface area (Å²) in [4.78, 5) is 14.1. The topological polar surface area (TPSA) is 79.8 Å². The summed E-state index contributed by atoms with van der Waals surface area (Å²) < 4.78 is 0. The number of benzene rings is 1. The number of pyridine rings is 1. The lowest BCUT2D eigenvalue weighted by atomic mass is 10.1. The Hall–Kier alpha value is -1.90. The third kappa shape index (κ3) is 1.88. The van der Waals surface area contributed by atoms with E-state index in [0.717, 1.165) is 0 Å². The molecule has 0 aliphatic heterocycles. The van der Waals surface area contributed by atoms with Crippen molar-refractivity contribution in [3.05, 3.63) is 44.1 Å². The highest BCUT2D eigenvalue weighted by atomic mass is 35.5. The van der Waals surface area contributed by atoms with E-state index in [2.05, 4.69) is 4.98 Å². The number of fused-ring (bicyclic) bond motifs is 1. The fourth-order valence-corrected chi connectivity index (χ4v) is 1.88. The number of halogens is 2.